The molecule has 0 aliphatic heterocycles. The highest BCUT2D eigenvalue weighted by Gasteiger charge is 2.23. The van der Waals surface area contributed by atoms with Gasteiger partial charge < -0.3 is 4.90 Å². The van der Waals surface area contributed by atoms with Crippen LogP contribution in [0.4, 0.5) is 0 Å². The van der Waals surface area contributed by atoms with Gasteiger partial charge >= 0.3 is 5.69 Å². The summed E-state index contributed by atoms with van der Waals surface area (Å²) < 4.78 is 1.91. The van der Waals surface area contributed by atoms with Crippen molar-refractivity contribution in [2.24, 2.45) is 7.05 Å². The van der Waals surface area contributed by atoms with Crippen molar-refractivity contribution in [3.05, 3.63) is 91.7 Å². The molecule has 0 bridgehead atoms. The molecule has 0 aliphatic carbocycles. The van der Waals surface area contributed by atoms with Crippen LogP contribution in [0.5, 0.6) is 0 Å². The summed E-state index contributed by atoms with van der Waals surface area (Å²) in [5.74, 6) is -0.533. The third-order valence-electron chi connectivity index (χ3n) is 4.33. The lowest BCUT2D eigenvalue weighted by atomic mass is 10.2. The van der Waals surface area contributed by atoms with Crippen LogP contribution in [0.1, 0.15) is 23.0 Å². The molecular formula is C20H19ClN4O3. The zero-order valence-electron chi connectivity index (χ0n) is 15.5. The van der Waals surface area contributed by atoms with E-state index < -0.39 is 17.2 Å². The van der Waals surface area contributed by atoms with Crippen molar-refractivity contribution in [1.82, 2.24) is 19.2 Å². The van der Waals surface area contributed by atoms with Gasteiger partial charge in [-0.25, -0.2) is 4.79 Å². The number of carbonyl (C=O) groups excluding carboxylic acids is 1. The van der Waals surface area contributed by atoms with E-state index in [-0.39, 0.29) is 5.69 Å². The molecule has 7 nitrogen and oxygen atoms in total. The van der Waals surface area contributed by atoms with E-state index in [2.05, 4.69) is 5.10 Å². The number of halogens is 1. The summed E-state index contributed by atoms with van der Waals surface area (Å²) in [7, 11) is 1.32. The molecule has 0 atom stereocenters. The molecule has 1 heterocycles. The lowest BCUT2D eigenvalue weighted by Gasteiger charge is -2.20. The summed E-state index contributed by atoms with van der Waals surface area (Å²) in [4.78, 5) is 39.6. The molecule has 0 radical (unpaired) electrons. The minimum Gasteiger partial charge on any atom is -0.333 e. The molecule has 3 aromatic rings. The Morgan fingerprint density at radius 2 is 1.71 bits per heavy atom. The number of carbonyl (C=O) groups is 1. The van der Waals surface area contributed by atoms with Crippen LogP contribution in [0.2, 0.25) is 5.02 Å². The van der Waals surface area contributed by atoms with Crippen molar-refractivity contribution < 1.29 is 4.79 Å². The Labute approximate surface area is 166 Å². The van der Waals surface area contributed by atoms with Gasteiger partial charge in [0.25, 0.3) is 11.5 Å². The molecule has 8 heteroatoms. The van der Waals surface area contributed by atoms with Crippen molar-refractivity contribution in [2.75, 3.05) is 6.54 Å². The third kappa shape index (κ3) is 3.89. The fourth-order valence-corrected chi connectivity index (χ4v) is 2.86. The van der Waals surface area contributed by atoms with Crippen LogP contribution in [0.25, 0.3) is 5.69 Å². The highest BCUT2D eigenvalue weighted by molar-refractivity contribution is 6.30. The van der Waals surface area contributed by atoms with Crippen molar-refractivity contribution in [1.29, 1.82) is 0 Å². The lowest BCUT2D eigenvalue weighted by Crippen LogP contribution is -2.45. The lowest BCUT2D eigenvalue weighted by molar-refractivity contribution is 0.0741. The van der Waals surface area contributed by atoms with Gasteiger partial charge in [-0.05, 0) is 36.8 Å². The molecule has 0 N–H and O–H groups in total. The first kappa shape index (κ1) is 19.6. The molecule has 0 unspecified atom stereocenters. The Morgan fingerprint density at radius 1 is 1.07 bits per heavy atom. The quantitative estimate of drug-likeness (QED) is 0.660. The van der Waals surface area contributed by atoms with Crippen molar-refractivity contribution in [3.63, 3.8) is 0 Å². The molecule has 0 fully saturated rings. The van der Waals surface area contributed by atoms with Crippen molar-refractivity contribution in [2.45, 2.75) is 13.5 Å². The fraction of sp³-hybridized carbons (Fsp3) is 0.200. The van der Waals surface area contributed by atoms with Crippen LogP contribution in [0.15, 0.2) is 64.2 Å². The molecule has 0 saturated heterocycles. The maximum atomic E-state index is 13.0. The van der Waals surface area contributed by atoms with Gasteiger partial charge in [-0.2, -0.15) is 9.78 Å². The Bertz CT molecular complexity index is 1110. The zero-order chi connectivity index (χ0) is 20.3. The molecule has 144 valence electrons. The Kier molecular flexibility index (Phi) is 5.75. The van der Waals surface area contributed by atoms with Gasteiger partial charge in [0.2, 0.25) is 5.69 Å². The number of benzene rings is 2. The van der Waals surface area contributed by atoms with E-state index in [1.165, 1.54) is 11.9 Å². The highest BCUT2D eigenvalue weighted by Crippen LogP contribution is 2.12. The molecular weight excluding hydrogens is 380 g/mol. The molecule has 2 aromatic carbocycles. The van der Waals surface area contributed by atoms with E-state index in [9.17, 15) is 14.4 Å². The second-order valence-electron chi connectivity index (χ2n) is 6.19. The minimum absolute atomic E-state index is 0.310. The highest BCUT2D eigenvalue weighted by atomic mass is 35.5. The zero-order valence-corrected chi connectivity index (χ0v) is 16.3. The topological polar surface area (TPSA) is 77.2 Å². The van der Waals surface area contributed by atoms with Gasteiger partial charge in [0.1, 0.15) is 0 Å². The second kappa shape index (κ2) is 8.22. The third-order valence-corrected chi connectivity index (χ3v) is 4.59. The van der Waals surface area contributed by atoms with E-state index in [4.69, 9.17) is 11.6 Å². The van der Waals surface area contributed by atoms with Crippen LogP contribution in [0, 0.1) is 0 Å². The first-order valence-corrected chi connectivity index (χ1v) is 9.09. The number of hydrogen-bond acceptors (Lipinski definition) is 4. The maximum Gasteiger partial charge on any atom is 0.351 e. The van der Waals surface area contributed by atoms with E-state index in [0.717, 1.165) is 14.8 Å². The molecule has 1 aromatic heterocycles. The summed E-state index contributed by atoms with van der Waals surface area (Å²) in [5, 5.41) is 4.58. The molecule has 1 amide bonds. The predicted molar refractivity (Wildman–Crippen MR) is 107 cm³/mol. The van der Waals surface area contributed by atoms with Gasteiger partial charge in [-0.3, -0.25) is 14.2 Å². The van der Waals surface area contributed by atoms with Crippen LogP contribution >= 0.6 is 11.6 Å². The summed E-state index contributed by atoms with van der Waals surface area (Å²) in [6.45, 7) is 2.54. The maximum absolute atomic E-state index is 13.0. The van der Waals surface area contributed by atoms with Crippen LogP contribution in [-0.4, -0.2) is 31.7 Å². The monoisotopic (exact) mass is 398 g/mol. The van der Waals surface area contributed by atoms with Gasteiger partial charge in [0, 0.05) is 25.2 Å². The summed E-state index contributed by atoms with van der Waals surface area (Å²) >= 11 is 5.89. The largest absolute Gasteiger partial charge is 0.351 e. The average molecular weight is 399 g/mol. The van der Waals surface area contributed by atoms with E-state index in [1.54, 1.807) is 24.3 Å². The molecule has 0 aliphatic rings. The van der Waals surface area contributed by atoms with Gasteiger partial charge in [-0.1, -0.05) is 41.9 Å². The van der Waals surface area contributed by atoms with E-state index in [1.807, 2.05) is 37.3 Å². The van der Waals surface area contributed by atoms with Crippen LogP contribution in [0.3, 0.4) is 0 Å². The Hall–Kier alpha value is -3.19. The number of rotatable bonds is 5. The number of amides is 1. The van der Waals surface area contributed by atoms with Crippen molar-refractivity contribution in [3.8, 4) is 5.69 Å². The van der Waals surface area contributed by atoms with Gasteiger partial charge in [-0.15, -0.1) is 0 Å². The van der Waals surface area contributed by atoms with Gasteiger partial charge in [0.05, 0.1) is 5.69 Å². The molecule has 0 spiro atoms. The summed E-state index contributed by atoms with van der Waals surface area (Å²) in [6.07, 6.45) is 0. The number of aromatic nitrogens is 3. The molecule has 3 rings (SSSR count). The Morgan fingerprint density at radius 3 is 2.32 bits per heavy atom. The SMILES string of the molecule is CCN(Cc1ccccc1)C(=O)c1nn(-c2ccc(Cl)cc2)c(=O)n(C)c1=O. The molecule has 28 heavy (non-hydrogen) atoms. The summed E-state index contributed by atoms with van der Waals surface area (Å²) in [5.41, 5.74) is -0.345. The smallest absolute Gasteiger partial charge is 0.333 e. The summed E-state index contributed by atoms with van der Waals surface area (Å²) in [6, 6.07) is 15.8. The predicted octanol–water partition coefficient (Wildman–Crippen LogP) is 2.25. The molecule has 0 saturated carbocycles. The fourth-order valence-electron chi connectivity index (χ4n) is 2.74. The standard InChI is InChI=1S/C20H19ClN4O3/c1-3-24(13-14-7-5-4-6-8-14)19(27)17-18(26)23(2)20(28)25(22-17)16-11-9-15(21)10-12-16/h4-12H,3,13H2,1-2H3. The van der Waals surface area contributed by atoms with E-state index >= 15 is 0 Å². The Balaban J connectivity index is 2.05. The average Bonchev–Trinajstić information content (AvgIpc) is 2.71. The van der Waals surface area contributed by atoms with Crippen molar-refractivity contribution >= 4 is 17.5 Å². The normalized spacial score (nSPS) is 10.7. The minimum atomic E-state index is -0.730. The van der Waals surface area contributed by atoms with Gasteiger partial charge in [0.15, 0.2) is 0 Å². The van der Waals surface area contributed by atoms with Crippen LogP contribution in [-0.2, 0) is 13.6 Å². The number of hydrogen-bond donors (Lipinski definition) is 0. The number of nitrogens with zero attached hydrogens (tertiary/aromatic N) is 4. The van der Waals surface area contributed by atoms with E-state index in [0.29, 0.717) is 23.8 Å². The first-order valence-electron chi connectivity index (χ1n) is 8.72. The second-order valence-corrected chi connectivity index (χ2v) is 6.62. The first-order chi connectivity index (χ1) is 13.4. The van der Waals surface area contributed by atoms with Crippen LogP contribution < -0.4 is 11.2 Å².